The van der Waals surface area contributed by atoms with E-state index < -0.39 is 11.7 Å². The largest absolute Gasteiger partial charge is 0.497 e. The number of nitrogens with one attached hydrogen (secondary N) is 1. The standard InChI is InChI=1S/C19H15ClF3N3O/c1-27-13-5-2-11(3-6-13)17-14-8-9-24-18(14)26(25-17)16-7-4-12(20)10-15(16)19(21,22)23/h2-7,10,24H,8-9H2,1H3. The Bertz CT molecular complexity index is 997. The number of nitrogens with zero attached hydrogens (tertiary/aromatic N) is 2. The molecule has 8 heteroatoms. The second-order valence-corrected chi connectivity index (χ2v) is 6.59. The average Bonchev–Trinajstić information content (AvgIpc) is 3.24. The fraction of sp³-hybridized carbons (Fsp3) is 0.211. The number of rotatable bonds is 3. The van der Waals surface area contributed by atoms with Crippen LogP contribution in [0.2, 0.25) is 5.02 Å². The summed E-state index contributed by atoms with van der Waals surface area (Å²) in [7, 11) is 1.57. The minimum Gasteiger partial charge on any atom is -0.497 e. The summed E-state index contributed by atoms with van der Waals surface area (Å²) in [5, 5.41) is 7.68. The summed E-state index contributed by atoms with van der Waals surface area (Å²) in [5.41, 5.74) is 1.48. The number of benzene rings is 2. The zero-order valence-corrected chi connectivity index (χ0v) is 15.0. The highest BCUT2D eigenvalue weighted by molar-refractivity contribution is 6.30. The molecule has 0 saturated carbocycles. The van der Waals surface area contributed by atoms with Crippen molar-refractivity contribution in [3.8, 4) is 22.7 Å². The van der Waals surface area contributed by atoms with Crippen LogP contribution < -0.4 is 10.1 Å². The highest BCUT2D eigenvalue weighted by Gasteiger charge is 2.36. The molecule has 0 unspecified atom stereocenters. The minimum atomic E-state index is -4.54. The topological polar surface area (TPSA) is 39.1 Å². The molecule has 4 nitrogen and oxygen atoms in total. The first-order chi connectivity index (χ1) is 12.9. The Kier molecular flexibility index (Phi) is 4.26. The van der Waals surface area contributed by atoms with Crippen molar-refractivity contribution >= 4 is 17.4 Å². The van der Waals surface area contributed by atoms with Crippen molar-refractivity contribution in [2.45, 2.75) is 12.6 Å². The van der Waals surface area contributed by atoms with Crippen molar-refractivity contribution in [1.29, 1.82) is 0 Å². The number of ether oxygens (including phenoxy) is 1. The summed E-state index contributed by atoms with van der Waals surface area (Å²) >= 11 is 5.80. The maximum absolute atomic E-state index is 13.5. The molecule has 1 aliphatic heterocycles. The maximum atomic E-state index is 13.5. The highest BCUT2D eigenvalue weighted by atomic mass is 35.5. The first-order valence-corrected chi connectivity index (χ1v) is 8.63. The van der Waals surface area contributed by atoms with Crippen LogP contribution in [-0.4, -0.2) is 23.4 Å². The van der Waals surface area contributed by atoms with Crippen LogP contribution in [0.15, 0.2) is 42.5 Å². The van der Waals surface area contributed by atoms with E-state index >= 15 is 0 Å². The van der Waals surface area contributed by atoms with Gasteiger partial charge in [0.15, 0.2) is 0 Å². The predicted molar refractivity (Wildman–Crippen MR) is 97.8 cm³/mol. The number of hydrogen-bond donors (Lipinski definition) is 1. The Morgan fingerprint density at radius 2 is 1.89 bits per heavy atom. The van der Waals surface area contributed by atoms with Gasteiger partial charge in [-0.1, -0.05) is 11.6 Å². The van der Waals surface area contributed by atoms with Gasteiger partial charge in [0.1, 0.15) is 11.6 Å². The van der Waals surface area contributed by atoms with Crippen LogP contribution in [0, 0.1) is 0 Å². The molecule has 140 valence electrons. The molecule has 0 bridgehead atoms. The molecule has 0 fully saturated rings. The SMILES string of the molecule is COc1ccc(-c2nn(-c3ccc(Cl)cc3C(F)(F)F)c3c2CCN3)cc1. The summed E-state index contributed by atoms with van der Waals surface area (Å²) in [6.45, 7) is 0.644. The Balaban J connectivity index is 1.89. The quantitative estimate of drug-likeness (QED) is 0.665. The summed E-state index contributed by atoms with van der Waals surface area (Å²) in [6.07, 6.45) is -3.86. The Hall–Kier alpha value is -2.67. The molecule has 0 amide bonds. The first kappa shape index (κ1) is 17.7. The number of alkyl halides is 3. The summed E-state index contributed by atoms with van der Waals surface area (Å²) in [4.78, 5) is 0. The van der Waals surface area contributed by atoms with E-state index in [4.69, 9.17) is 16.3 Å². The number of fused-ring (bicyclic) bond motifs is 1. The van der Waals surface area contributed by atoms with Gasteiger partial charge >= 0.3 is 6.18 Å². The van der Waals surface area contributed by atoms with Gasteiger partial charge in [0.05, 0.1) is 24.1 Å². The fourth-order valence-corrected chi connectivity index (χ4v) is 3.42. The van der Waals surface area contributed by atoms with Gasteiger partial charge in [0.25, 0.3) is 0 Å². The monoisotopic (exact) mass is 393 g/mol. The molecule has 2 aromatic carbocycles. The van der Waals surface area contributed by atoms with Crippen LogP contribution in [0.1, 0.15) is 11.1 Å². The molecule has 0 spiro atoms. The summed E-state index contributed by atoms with van der Waals surface area (Å²) < 4.78 is 47.1. The number of hydrogen-bond acceptors (Lipinski definition) is 3. The van der Waals surface area contributed by atoms with E-state index in [0.29, 0.717) is 30.2 Å². The van der Waals surface area contributed by atoms with Gasteiger partial charge in [0.2, 0.25) is 0 Å². The molecule has 2 heterocycles. The molecule has 4 rings (SSSR count). The third kappa shape index (κ3) is 3.12. The molecule has 1 aliphatic rings. The van der Waals surface area contributed by atoms with Gasteiger partial charge in [-0.25, -0.2) is 4.68 Å². The van der Waals surface area contributed by atoms with Gasteiger partial charge in [-0.05, 0) is 48.9 Å². The number of methoxy groups -OCH3 is 1. The van der Waals surface area contributed by atoms with Crippen molar-refractivity contribution in [1.82, 2.24) is 9.78 Å². The van der Waals surface area contributed by atoms with E-state index in [1.165, 1.54) is 16.8 Å². The van der Waals surface area contributed by atoms with Crippen LogP contribution in [0.4, 0.5) is 19.0 Å². The molecule has 1 N–H and O–H groups in total. The van der Waals surface area contributed by atoms with Crippen LogP contribution in [0.3, 0.4) is 0 Å². The first-order valence-electron chi connectivity index (χ1n) is 8.26. The Labute approximate surface area is 158 Å². The number of aromatic nitrogens is 2. The normalized spacial score (nSPS) is 13.4. The average molecular weight is 394 g/mol. The van der Waals surface area contributed by atoms with Gasteiger partial charge in [-0.15, -0.1) is 0 Å². The molecular formula is C19H15ClF3N3O. The Morgan fingerprint density at radius 1 is 1.15 bits per heavy atom. The van der Waals surface area contributed by atoms with E-state index in [2.05, 4.69) is 10.4 Å². The van der Waals surface area contributed by atoms with Crippen molar-refractivity contribution in [2.24, 2.45) is 0 Å². The third-order valence-corrected chi connectivity index (χ3v) is 4.74. The lowest BCUT2D eigenvalue weighted by molar-refractivity contribution is -0.137. The van der Waals surface area contributed by atoms with Crippen LogP contribution in [0.5, 0.6) is 5.75 Å². The van der Waals surface area contributed by atoms with Crippen molar-refractivity contribution < 1.29 is 17.9 Å². The van der Waals surface area contributed by atoms with E-state index in [-0.39, 0.29) is 10.7 Å². The summed E-state index contributed by atoms with van der Waals surface area (Å²) in [5.74, 6) is 1.28. The summed E-state index contributed by atoms with van der Waals surface area (Å²) in [6, 6.07) is 11.0. The van der Waals surface area contributed by atoms with Gasteiger partial charge in [-0.2, -0.15) is 18.3 Å². The maximum Gasteiger partial charge on any atom is 0.418 e. The van der Waals surface area contributed by atoms with Crippen molar-refractivity contribution in [3.63, 3.8) is 0 Å². The highest BCUT2D eigenvalue weighted by Crippen LogP contribution is 2.40. The molecule has 0 saturated heterocycles. The molecule has 3 aromatic rings. The van der Waals surface area contributed by atoms with Gasteiger partial charge in [-0.3, -0.25) is 0 Å². The molecule has 0 aliphatic carbocycles. The van der Waals surface area contributed by atoms with E-state index in [0.717, 1.165) is 17.2 Å². The second-order valence-electron chi connectivity index (χ2n) is 6.15. The minimum absolute atomic E-state index is 0.0261. The Morgan fingerprint density at radius 3 is 2.56 bits per heavy atom. The smallest absolute Gasteiger partial charge is 0.418 e. The van der Waals surface area contributed by atoms with Crippen LogP contribution in [-0.2, 0) is 12.6 Å². The molecule has 27 heavy (non-hydrogen) atoms. The third-order valence-electron chi connectivity index (χ3n) is 4.51. The molecule has 1 aromatic heterocycles. The van der Waals surface area contributed by atoms with E-state index in [1.54, 1.807) is 19.2 Å². The number of anilines is 1. The van der Waals surface area contributed by atoms with Gasteiger partial charge in [0, 0.05) is 22.7 Å². The lowest BCUT2D eigenvalue weighted by Crippen LogP contribution is -2.13. The molecule has 0 atom stereocenters. The zero-order valence-electron chi connectivity index (χ0n) is 14.3. The zero-order chi connectivity index (χ0) is 19.2. The van der Waals surface area contributed by atoms with E-state index in [9.17, 15) is 13.2 Å². The van der Waals surface area contributed by atoms with Crippen molar-refractivity contribution in [3.05, 3.63) is 58.6 Å². The number of halogens is 4. The predicted octanol–water partition coefficient (Wildman–Crippen LogP) is 5.19. The fourth-order valence-electron chi connectivity index (χ4n) is 3.25. The second kappa shape index (κ2) is 6.49. The van der Waals surface area contributed by atoms with Crippen molar-refractivity contribution in [2.75, 3.05) is 19.0 Å². The lowest BCUT2D eigenvalue weighted by atomic mass is 10.1. The van der Waals surface area contributed by atoms with Crippen LogP contribution >= 0.6 is 11.6 Å². The lowest BCUT2D eigenvalue weighted by Gasteiger charge is -2.15. The van der Waals surface area contributed by atoms with Crippen LogP contribution in [0.25, 0.3) is 16.9 Å². The van der Waals surface area contributed by atoms with Gasteiger partial charge < -0.3 is 10.1 Å². The molecule has 0 radical (unpaired) electrons. The van der Waals surface area contributed by atoms with E-state index in [1.807, 2.05) is 12.1 Å². The molecular weight excluding hydrogens is 379 g/mol.